The van der Waals surface area contributed by atoms with E-state index in [1.807, 2.05) is 6.92 Å². The first-order chi connectivity index (χ1) is 9.69. The lowest BCUT2D eigenvalue weighted by Gasteiger charge is -2.07. The SMILES string of the molecule is COC(=O)CSc1nc(C)nc2c3c(oc12)CCCC3. The molecule has 0 atom stereocenters. The Kier molecular flexibility index (Phi) is 3.65. The molecular weight excluding hydrogens is 276 g/mol. The molecule has 1 aliphatic rings. The molecule has 2 aromatic rings. The van der Waals surface area contributed by atoms with Gasteiger partial charge >= 0.3 is 5.97 Å². The summed E-state index contributed by atoms with van der Waals surface area (Å²) in [7, 11) is 1.38. The van der Waals surface area contributed by atoms with Gasteiger partial charge in [-0.1, -0.05) is 11.8 Å². The van der Waals surface area contributed by atoms with Gasteiger partial charge in [0.15, 0.2) is 5.58 Å². The van der Waals surface area contributed by atoms with E-state index in [2.05, 4.69) is 14.7 Å². The van der Waals surface area contributed by atoms with Crippen molar-refractivity contribution in [1.29, 1.82) is 0 Å². The number of nitrogens with zero attached hydrogens (tertiary/aromatic N) is 2. The molecule has 6 heteroatoms. The molecule has 0 bridgehead atoms. The monoisotopic (exact) mass is 292 g/mol. The smallest absolute Gasteiger partial charge is 0.316 e. The summed E-state index contributed by atoms with van der Waals surface area (Å²) in [5.74, 6) is 1.70. The van der Waals surface area contributed by atoms with E-state index in [0.29, 0.717) is 5.82 Å². The van der Waals surface area contributed by atoms with Gasteiger partial charge < -0.3 is 9.15 Å². The van der Waals surface area contributed by atoms with Crippen LogP contribution < -0.4 is 0 Å². The zero-order chi connectivity index (χ0) is 14.1. The number of carbonyl (C=O) groups is 1. The Bertz CT molecular complexity index is 666. The molecule has 0 aliphatic heterocycles. The van der Waals surface area contributed by atoms with Crippen molar-refractivity contribution in [1.82, 2.24) is 9.97 Å². The zero-order valence-corrected chi connectivity index (χ0v) is 12.4. The first kappa shape index (κ1) is 13.4. The Morgan fingerprint density at radius 2 is 2.15 bits per heavy atom. The topological polar surface area (TPSA) is 65.2 Å². The molecule has 3 rings (SSSR count). The Morgan fingerprint density at radius 3 is 2.95 bits per heavy atom. The van der Waals surface area contributed by atoms with Crippen LogP contribution in [0.15, 0.2) is 9.44 Å². The summed E-state index contributed by atoms with van der Waals surface area (Å²) in [5.41, 5.74) is 2.85. The maximum atomic E-state index is 11.3. The predicted molar refractivity (Wildman–Crippen MR) is 75.9 cm³/mol. The van der Waals surface area contributed by atoms with Gasteiger partial charge in [0.05, 0.1) is 12.9 Å². The molecular formula is C14H16N2O3S. The summed E-state index contributed by atoms with van der Waals surface area (Å²) >= 11 is 1.34. The number of ether oxygens (including phenoxy) is 1. The molecule has 5 nitrogen and oxygen atoms in total. The fourth-order valence-corrected chi connectivity index (χ4v) is 3.32. The normalized spacial score (nSPS) is 14.3. The van der Waals surface area contributed by atoms with Crippen molar-refractivity contribution >= 4 is 28.8 Å². The van der Waals surface area contributed by atoms with E-state index in [1.165, 1.54) is 30.9 Å². The molecule has 0 unspecified atom stereocenters. The zero-order valence-electron chi connectivity index (χ0n) is 11.6. The van der Waals surface area contributed by atoms with Gasteiger partial charge in [0.1, 0.15) is 22.1 Å². The van der Waals surface area contributed by atoms with Crippen LogP contribution in [0, 0.1) is 6.92 Å². The van der Waals surface area contributed by atoms with Crippen molar-refractivity contribution in [3.8, 4) is 0 Å². The molecule has 0 N–H and O–H groups in total. The number of hydrogen-bond donors (Lipinski definition) is 0. The lowest BCUT2D eigenvalue weighted by Crippen LogP contribution is -2.04. The summed E-state index contributed by atoms with van der Waals surface area (Å²) in [6.45, 7) is 1.86. The minimum absolute atomic E-state index is 0.230. The van der Waals surface area contributed by atoms with Crippen molar-refractivity contribution in [2.24, 2.45) is 0 Å². The summed E-state index contributed by atoms with van der Waals surface area (Å²) in [6.07, 6.45) is 4.31. The highest BCUT2D eigenvalue weighted by molar-refractivity contribution is 8.00. The van der Waals surface area contributed by atoms with Crippen LogP contribution in [-0.2, 0) is 22.4 Å². The number of carbonyl (C=O) groups excluding carboxylic acids is 1. The van der Waals surface area contributed by atoms with Gasteiger partial charge in [-0.05, 0) is 26.2 Å². The van der Waals surface area contributed by atoms with Crippen molar-refractivity contribution in [2.45, 2.75) is 37.6 Å². The van der Waals surface area contributed by atoms with Gasteiger partial charge in [0.25, 0.3) is 0 Å². The molecule has 2 heterocycles. The van der Waals surface area contributed by atoms with Gasteiger partial charge in [-0.15, -0.1) is 0 Å². The lowest BCUT2D eigenvalue weighted by molar-refractivity contribution is -0.137. The van der Waals surface area contributed by atoms with Crippen molar-refractivity contribution in [2.75, 3.05) is 12.9 Å². The maximum Gasteiger partial charge on any atom is 0.316 e. The Balaban J connectivity index is 2.03. The second-order valence-electron chi connectivity index (χ2n) is 4.83. The Hall–Kier alpha value is -1.56. The molecule has 0 spiro atoms. The van der Waals surface area contributed by atoms with Crippen LogP contribution in [0.1, 0.15) is 30.0 Å². The fourth-order valence-electron chi connectivity index (χ4n) is 2.48. The van der Waals surface area contributed by atoms with Crippen LogP contribution in [0.5, 0.6) is 0 Å². The number of esters is 1. The van der Waals surface area contributed by atoms with E-state index < -0.39 is 0 Å². The molecule has 2 aromatic heterocycles. The minimum Gasteiger partial charge on any atom is -0.468 e. The van der Waals surface area contributed by atoms with Gasteiger partial charge in [-0.25, -0.2) is 9.97 Å². The van der Waals surface area contributed by atoms with Gasteiger partial charge in [0, 0.05) is 12.0 Å². The largest absolute Gasteiger partial charge is 0.468 e. The second kappa shape index (κ2) is 5.44. The first-order valence-corrected chi connectivity index (χ1v) is 7.66. The van der Waals surface area contributed by atoms with Crippen LogP contribution in [0.3, 0.4) is 0 Å². The summed E-state index contributed by atoms with van der Waals surface area (Å²) in [5, 5.41) is 0.729. The van der Waals surface area contributed by atoms with Crippen molar-refractivity contribution < 1.29 is 13.9 Å². The number of furan rings is 1. The van der Waals surface area contributed by atoms with Crippen molar-refractivity contribution in [3.05, 3.63) is 17.1 Å². The lowest BCUT2D eigenvalue weighted by atomic mass is 9.98. The average Bonchev–Trinajstić information content (AvgIpc) is 2.83. The van der Waals surface area contributed by atoms with Crippen molar-refractivity contribution in [3.63, 3.8) is 0 Å². The quantitative estimate of drug-likeness (QED) is 0.492. The number of aryl methyl sites for hydroxylation is 3. The van der Waals surface area contributed by atoms with E-state index in [1.54, 1.807) is 0 Å². The van der Waals surface area contributed by atoms with E-state index in [4.69, 9.17) is 4.42 Å². The van der Waals surface area contributed by atoms with Crippen LogP contribution in [-0.4, -0.2) is 28.8 Å². The molecule has 0 saturated heterocycles. The number of hydrogen-bond acceptors (Lipinski definition) is 6. The number of thioether (sulfide) groups is 1. The predicted octanol–water partition coefficient (Wildman–Crippen LogP) is 2.68. The second-order valence-corrected chi connectivity index (χ2v) is 5.79. The molecule has 0 saturated carbocycles. The van der Waals surface area contributed by atoms with Gasteiger partial charge in [-0.2, -0.15) is 0 Å². The Morgan fingerprint density at radius 1 is 1.35 bits per heavy atom. The highest BCUT2D eigenvalue weighted by Crippen LogP contribution is 2.35. The summed E-state index contributed by atoms with van der Waals surface area (Å²) < 4.78 is 10.6. The molecule has 106 valence electrons. The van der Waals surface area contributed by atoms with Crippen LogP contribution >= 0.6 is 11.8 Å². The summed E-state index contributed by atoms with van der Waals surface area (Å²) in [6, 6.07) is 0. The number of aromatic nitrogens is 2. The molecule has 0 amide bonds. The molecule has 0 fully saturated rings. The third-order valence-corrected chi connectivity index (χ3v) is 4.36. The third kappa shape index (κ3) is 2.40. The number of methoxy groups -OCH3 is 1. The average molecular weight is 292 g/mol. The van der Waals surface area contributed by atoms with Crippen LogP contribution in [0.4, 0.5) is 0 Å². The van der Waals surface area contributed by atoms with Crippen LogP contribution in [0.25, 0.3) is 11.1 Å². The van der Waals surface area contributed by atoms with E-state index >= 15 is 0 Å². The van der Waals surface area contributed by atoms with E-state index in [0.717, 1.165) is 41.1 Å². The highest BCUT2D eigenvalue weighted by Gasteiger charge is 2.22. The van der Waals surface area contributed by atoms with Gasteiger partial charge in [0.2, 0.25) is 0 Å². The standard InChI is InChI=1S/C14H16N2O3S/c1-8-15-12-9-5-3-4-6-10(9)19-13(12)14(16-8)20-7-11(17)18-2/h3-7H2,1-2H3. The third-order valence-electron chi connectivity index (χ3n) is 3.43. The number of fused-ring (bicyclic) bond motifs is 3. The maximum absolute atomic E-state index is 11.3. The molecule has 0 radical (unpaired) electrons. The molecule has 0 aromatic carbocycles. The van der Waals surface area contributed by atoms with E-state index in [-0.39, 0.29) is 11.7 Å². The molecule has 1 aliphatic carbocycles. The van der Waals surface area contributed by atoms with E-state index in [9.17, 15) is 4.79 Å². The fraction of sp³-hybridized carbons (Fsp3) is 0.500. The first-order valence-electron chi connectivity index (χ1n) is 6.67. The molecule has 20 heavy (non-hydrogen) atoms. The Labute approximate surface area is 121 Å². The van der Waals surface area contributed by atoms with Gasteiger partial charge in [-0.3, -0.25) is 4.79 Å². The summed E-state index contributed by atoms with van der Waals surface area (Å²) in [4.78, 5) is 20.2. The van der Waals surface area contributed by atoms with Crippen LogP contribution in [0.2, 0.25) is 0 Å². The minimum atomic E-state index is -0.268. The number of rotatable bonds is 3. The highest BCUT2D eigenvalue weighted by atomic mass is 32.2.